The van der Waals surface area contributed by atoms with Gasteiger partial charge in [-0.25, -0.2) is 19.6 Å². The summed E-state index contributed by atoms with van der Waals surface area (Å²) in [6, 6.07) is 10.3. The molecule has 0 aliphatic heterocycles. The zero-order valence-corrected chi connectivity index (χ0v) is 21.6. The molecule has 0 saturated heterocycles. The van der Waals surface area contributed by atoms with Gasteiger partial charge in [-0.1, -0.05) is 13.8 Å². The molecule has 3 aromatic heterocycles. The van der Waals surface area contributed by atoms with Crippen LogP contribution in [0.2, 0.25) is 0 Å². The van der Waals surface area contributed by atoms with E-state index in [1.807, 2.05) is 44.3 Å². The van der Waals surface area contributed by atoms with Crippen molar-refractivity contribution in [1.82, 2.24) is 24.7 Å². The smallest absolute Gasteiger partial charge is 0.416 e. The standard InChI is InChI=1S/C26H31N7O4/c1-16(2)21-14-22(31-33(21)24(27)34)32(25(35)37-26(3,4)5)11-9-18-13-23(30-15-29-18)36-19-6-7-20-17(12-19)8-10-28-20/h6-8,10,12-16,28H,9,11H2,1-5H3,(H2,27,34). The third-order valence-corrected chi connectivity index (χ3v) is 5.45. The molecule has 4 rings (SSSR count). The second-order valence-corrected chi connectivity index (χ2v) is 9.89. The predicted octanol–water partition coefficient (Wildman–Crippen LogP) is 4.98. The summed E-state index contributed by atoms with van der Waals surface area (Å²) in [5, 5.41) is 5.32. The maximum absolute atomic E-state index is 13.1. The molecule has 0 saturated carbocycles. The van der Waals surface area contributed by atoms with E-state index in [-0.39, 0.29) is 18.3 Å². The molecular weight excluding hydrogens is 474 g/mol. The number of carbonyl (C=O) groups excluding carboxylic acids is 2. The number of carbonyl (C=O) groups is 2. The maximum atomic E-state index is 13.1. The number of benzene rings is 1. The number of nitrogens with zero attached hydrogens (tertiary/aromatic N) is 5. The van der Waals surface area contributed by atoms with Gasteiger partial charge in [0, 0.05) is 47.9 Å². The fraction of sp³-hybridized carbons (Fsp3) is 0.346. The molecule has 0 radical (unpaired) electrons. The number of nitrogens with two attached hydrogens (primary N) is 1. The highest BCUT2D eigenvalue weighted by molar-refractivity contribution is 5.87. The number of hydrogen-bond donors (Lipinski definition) is 2. The molecule has 4 aromatic rings. The lowest BCUT2D eigenvalue weighted by atomic mass is 10.1. The van der Waals surface area contributed by atoms with Crippen molar-refractivity contribution in [3.8, 4) is 11.6 Å². The molecule has 11 nitrogen and oxygen atoms in total. The summed E-state index contributed by atoms with van der Waals surface area (Å²) in [4.78, 5) is 38.1. The van der Waals surface area contributed by atoms with Crippen LogP contribution in [0.3, 0.4) is 0 Å². The molecule has 0 bridgehead atoms. The van der Waals surface area contributed by atoms with Crippen molar-refractivity contribution in [2.24, 2.45) is 5.73 Å². The molecule has 3 heterocycles. The van der Waals surface area contributed by atoms with E-state index < -0.39 is 17.7 Å². The van der Waals surface area contributed by atoms with E-state index in [1.165, 1.54) is 11.2 Å². The summed E-state index contributed by atoms with van der Waals surface area (Å²) in [6.45, 7) is 9.35. The van der Waals surface area contributed by atoms with Crippen LogP contribution >= 0.6 is 0 Å². The number of amides is 2. The molecule has 0 aliphatic carbocycles. The van der Waals surface area contributed by atoms with E-state index in [9.17, 15) is 9.59 Å². The van der Waals surface area contributed by atoms with E-state index >= 15 is 0 Å². The number of ether oxygens (including phenoxy) is 2. The molecule has 194 valence electrons. The first-order valence-electron chi connectivity index (χ1n) is 12.0. The van der Waals surface area contributed by atoms with Crippen LogP contribution in [0, 0.1) is 0 Å². The van der Waals surface area contributed by atoms with Gasteiger partial charge >= 0.3 is 12.1 Å². The first kappa shape index (κ1) is 25.7. The fourth-order valence-corrected chi connectivity index (χ4v) is 3.73. The minimum Gasteiger partial charge on any atom is -0.443 e. The normalized spacial score (nSPS) is 11.6. The van der Waals surface area contributed by atoms with Gasteiger partial charge in [0.1, 0.15) is 17.7 Å². The van der Waals surface area contributed by atoms with Crippen LogP contribution in [0.25, 0.3) is 10.9 Å². The minimum atomic E-state index is -0.727. The average molecular weight is 506 g/mol. The summed E-state index contributed by atoms with van der Waals surface area (Å²) in [7, 11) is 0. The van der Waals surface area contributed by atoms with Gasteiger partial charge in [-0.15, -0.1) is 5.10 Å². The topological polar surface area (TPSA) is 141 Å². The molecule has 0 spiro atoms. The Labute approximate surface area is 214 Å². The van der Waals surface area contributed by atoms with Crippen molar-refractivity contribution >= 4 is 28.8 Å². The molecule has 11 heteroatoms. The first-order valence-corrected chi connectivity index (χ1v) is 12.0. The zero-order valence-electron chi connectivity index (χ0n) is 21.6. The van der Waals surface area contributed by atoms with Crippen LogP contribution in [0.5, 0.6) is 11.6 Å². The van der Waals surface area contributed by atoms with Gasteiger partial charge in [0.05, 0.1) is 5.69 Å². The molecule has 37 heavy (non-hydrogen) atoms. The van der Waals surface area contributed by atoms with Gasteiger partial charge < -0.3 is 20.2 Å². The Kier molecular flexibility index (Phi) is 7.14. The highest BCUT2D eigenvalue weighted by Gasteiger charge is 2.27. The van der Waals surface area contributed by atoms with Gasteiger partial charge in [0.15, 0.2) is 5.82 Å². The number of rotatable bonds is 7. The lowest BCUT2D eigenvalue weighted by molar-refractivity contribution is 0.0579. The van der Waals surface area contributed by atoms with Crippen molar-refractivity contribution in [1.29, 1.82) is 0 Å². The quantitative estimate of drug-likeness (QED) is 0.361. The average Bonchev–Trinajstić information content (AvgIpc) is 3.45. The number of hydrogen-bond acceptors (Lipinski definition) is 7. The van der Waals surface area contributed by atoms with E-state index in [1.54, 1.807) is 32.9 Å². The third-order valence-electron chi connectivity index (χ3n) is 5.45. The zero-order chi connectivity index (χ0) is 26.7. The first-order chi connectivity index (χ1) is 17.5. The molecule has 0 unspecified atom stereocenters. The Bertz CT molecular complexity index is 1420. The van der Waals surface area contributed by atoms with Crippen molar-refractivity contribution < 1.29 is 19.1 Å². The van der Waals surface area contributed by atoms with E-state index in [4.69, 9.17) is 15.2 Å². The molecule has 0 atom stereocenters. The van der Waals surface area contributed by atoms with Crippen molar-refractivity contribution in [2.45, 2.75) is 52.6 Å². The minimum absolute atomic E-state index is 0.0405. The Hall–Kier alpha value is -4.41. The SMILES string of the molecule is CC(C)c1cc(N(CCc2cc(Oc3ccc4[nH]ccc4c3)ncn2)C(=O)OC(C)(C)C)nn1C(N)=O. The van der Waals surface area contributed by atoms with Crippen LogP contribution in [0.1, 0.15) is 51.9 Å². The summed E-state index contributed by atoms with van der Waals surface area (Å²) in [5.41, 5.74) is 7.04. The molecule has 0 fully saturated rings. The number of H-pyrrole nitrogens is 1. The van der Waals surface area contributed by atoms with Crippen molar-refractivity contribution in [3.05, 3.63) is 60.3 Å². The van der Waals surface area contributed by atoms with Crippen molar-refractivity contribution in [2.75, 3.05) is 11.4 Å². The fourth-order valence-electron chi connectivity index (χ4n) is 3.73. The van der Waals surface area contributed by atoms with Crippen LogP contribution in [-0.4, -0.2) is 49.0 Å². The van der Waals surface area contributed by atoms with Crippen molar-refractivity contribution in [3.63, 3.8) is 0 Å². The number of primary amides is 1. The van der Waals surface area contributed by atoms with Crippen LogP contribution < -0.4 is 15.4 Å². The molecule has 1 aromatic carbocycles. The van der Waals surface area contributed by atoms with E-state index in [0.717, 1.165) is 15.6 Å². The van der Waals surface area contributed by atoms with Gasteiger partial charge in [-0.2, -0.15) is 4.68 Å². The molecular formula is C26H31N7O4. The largest absolute Gasteiger partial charge is 0.443 e. The van der Waals surface area contributed by atoms with Gasteiger partial charge in [0.25, 0.3) is 0 Å². The third kappa shape index (κ3) is 6.24. The Morgan fingerprint density at radius 2 is 1.92 bits per heavy atom. The van der Waals surface area contributed by atoms with Crippen LogP contribution in [0.4, 0.5) is 15.4 Å². The number of anilines is 1. The lowest BCUT2D eigenvalue weighted by Crippen LogP contribution is -2.38. The van der Waals surface area contributed by atoms with Gasteiger partial charge in [0.2, 0.25) is 5.88 Å². The second-order valence-electron chi connectivity index (χ2n) is 9.89. The molecule has 0 aliphatic rings. The molecule has 2 amide bonds. The Morgan fingerprint density at radius 1 is 1.14 bits per heavy atom. The summed E-state index contributed by atoms with van der Waals surface area (Å²) < 4.78 is 12.6. The van der Waals surface area contributed by atoms with E-state index in [2.05, 4.69) is 20.1 Å². The maximum Gasteiger partial charge on any atom is 0.416 e. The number of fused-ring (bicyclic) bond motifs is 1. The Morgan fingerprint density at radius 3 is 2.59 bits per heavy atom. The second kappa shape index (κ2) is 10.3. The van der Waals surface area contributed by atoms with Gasteiger partial charge in [-0.05, 0) is 51.0 Å². The Balaban J connectivity index is 1.55. The predicted molar refractivity (Wildman–Crippen MR) is 139 cm³/mol. The highest BCUT2D eigenvalue weighted by atomic mass is 16.6. The summed E-state index contributed by atoms with van der Waals surface area (Å²) >= 11 is 0. The van der Waals surface area contributed by atoms with Crippen LogP contribution in [0.15, 0.2) is 48.9 Å². The summed E-state index contributed by atoms with van der Waals surface area (Å²) in [5.74, 6) is 1.25. The lowest BCUT2D eigenvalue weighted by Gasteiger charge is -2.26. The number of nitrogens with one attached hydrogen (secondary N) is 1. The highest BCUT2D eigenvalue weighted by Crippen LogP contribution is 2.26. The van der Waals surface area contributed by atoms with Gasteiger partial charge in [-0.3, -0.25) is 4.90 Å². The molecule has 3 N–H and O–H groups in total. The number of aromatic nitrogens is 5. The monoisotopic (exact) mass is 505 g/mol. The van der Waals surface area contributed by atoms with E-state index in [0.29, 0.717) is 29.4 Å². The number of aromatic amines is 1. The summed E-state index contributed by atoms with van der Waals surface area (Å²) in [6.07, 6.45) is 3.04. The van der Waals surface area contributed by atoms with Crippen LogP contribution in [-0.2, 0) is 11.2 Å².